The van der Waals surface area contributed by atoms with E-state index >= 15 is 0 Å². The fraction of sp³-hybridized carbons (Fsp3) is 0.919. The Balaban J connectivity index is 1.15. The molecule has 10 heteroatoms. The normalized spacial score (nSPS) is 52.2. The van der Waals surface area contributed by atoms with E-state index in [4.69, 9.17) is 18.9 Å². The number of hydrogen-bond donors (Lipinski definition) is 5. The quantitative estimate of drug-likeness (QED) is 0.218. The molecule has 7 aliphatic rings. The van der Waals surface area contributed by atoms with Crippen LogP contribution in [0.1, 0.15) is 107 Å². The Morgan fingerprint density at radius 2 is 1.62 bits per heavy atom. The minimum Gasteiger partial charge on any atom is -0.488 e. The number of aliphatic hydroxyl groups excluding tert-OH is 4. The van der Waals surface area contributed by atoms with Gasteiger partial charge in [0.25, 0.3) is 0 Å². The van der Waals surface area contributed by atoms with Crippen LogP contribution in [-0.2, 0) is 23.7 Å². The standard InChI is InChI=1S/C37H58O10/c1-18-15-21(30(33(5,6)43)45-19(2)38)46-28-25(18)34(7)13-14-37-17-36(37)12-11-24(47-31-27(41)26(40)20(39)16-44-31)32(3,4)22(36)9-10-23(37)35(34,8)29(28)42/h18,20-24,26-27,29-31,39-43H,9-17H2,1-8H3/t18-,20+,21-,22+,23+,24+,26+,27-,29+,30-,31+,34-,35-,36-,37+/m1/s1. The van der Waals surface area contributed by atoms with Gasteiger partial charge in [-0.3, -0.25) is 4.79 Å². The van der Waals surface area contributed by atoms with Gasteiger partial charge in [0.15, 0.2) is 12.4 Å². The summed E-state index contributed by atoms with van der Waals surface area (Å²) >= 11 is 0. The number of carbonyl (C=O) groups is 1. The summed E-state index contributed by atoms with van der Waals surface area (Å²) in [5.41, 5.74) is -0.669. The molecule has 0 radical (unpaired) electrons. The van der Waals surface area contributed by atoms with Crippen LogP contribution in [0.3, 0.4) is 0 Å². The molecule has 5 fully saturated rings. The average Bonchev–Trinajstić information content (AvgIpc) is 3.61. The Kier molecular flexibility index (Phi) is 7.73. The van der Waals surface area contributed by atoms with Gasteiger partial charge in [-0.1, -0.05) is 34.6 Å². The van der Waals surface area contributed by atoms with E-state index in [1.165, 1.54) is 12.5 Å². The third kappa shape index (κ3) is 4.43. The third-order valence-electron chi connectivity index (χ3n) is 15.3. The second-order valence-corrected chi connectivity index (χ2v) is 18.2. The largest absolute Gasteiger partial charge is 0.488 e. The van der Waals surface area contributed by atoms with Gasteiger partial charge in [0.1, 0.15) is 36.3 Å². The highest BCUT2D eigenvalue weighted by Gasteiger charge is 2.83. The van der Waals surface area contributed by atoms with E-state index in [-0.39, 0.29) is 40.3 Å². The lowest BCUT2D eigenvalue weighted by Crippen LogP contribution is -2.61. The second kappa shape index (κ2) is 10.6. The molecule has 0 unspecified atom stereocenters. The number of rotatable bonds is 5. The molecule has 0 aromatic heterocycles. The van der Waals surface area contributed by atoms with Crippen LogP contribution in [0.4, 0.5) is 0 Å². The predicted molar refractivity (Wildman–Crippen MR) is 170 cm³/mol. The van der Waals surface area contributed by atoms with E-state index < -0.39 is 59.9 Å². The molecule has 0 aromatic carbocycles. The maximum Gasteiger partial charge on any atom is 0.303 e. The summed E-state index contributed by atoms with van der Waals surface area (Å²) in [7, 11) is 0. The Labute approximate surface area is 279 Å². The SMILES string of the molecule is CC(=O)O[C@H]([C@H]1C[C@@H](C)C2=C(O1)[C@H](O)[C@@]1(C)[C@@H]3CC[C@H]4C(C)(C)[C@@H](O[C@@H]5OC[C@H](O)[C@H](O)[C@H]5O)CC[C@@]45C[C@@]35CC[C@]21C)C(C)(C)O. The first-order chi connectivity index (χ1) is 21.8. The summed E-state index contributed by atoms with van der Waals surface area (Å²) in [6.45, 7) is 16.0. The summed E-state index contributed by atoms with van der Waals surface area (Å²) in [5, 5.41) is 54.3. The van der Waals surface area contributed by atoms with Gasteiger partial charge in [0.05, 0.1) is 18.3 Å². The van der Waals surface area contributed by atoms with E-state index in [2.05, 4.69) is 34.6 Å². The molecule has 0 amide bonds. The minimum absolute atomic E-state index is 0.0723. The van der Waals surface area contributed by atoms with Crippen molar-refractivity contribution in [3.63, 3.8) is 0 Å². The molecule has 2 spiro atoms. The van der Waals surface area contributed by atoms with E-state index in [1.54, 1.807) is 13.8 Å². The number of fused-ring (bicyclic) bond motifs is 3. The van der Waals surface area contributed by atoms with Crippen LogP contribution in [0.15, 0.2) is 11.3 Å². The van der Waals surface area contributed by atoms with Gasteiger partial charge in [-0.2, -0.15) is 0 Å². The zero-order valence-corrected chi connectivity index (χ0v) is 29.5. The van der Waals surface area contributed by atoms with Crippen LogP contribution < -0.4 is 0 Å². The molecule has 47 heavy (non-hydrogen) atoms. The molecule has 266 valence electrons. The van der Waals surface area contributed by atoms with Gasteiger partial charge < -0.3 is 44.5 Å². The van der Waals surface area contributed by atoms with Gasteiger partial charge in [-0.15, -0.1) is 0 Å². The van der Waals surface area contributed by atoms with E-state index in [1.807, 2.05) is 0 Å². The van der Waals surface area contributed by atoms with Crippen molar-refractivity contribution in [2.24, 2.45) is 44.8 Å². The fourth-order valence-electron chi connectivity index (χ4n) is 13.0. The molecule has 10 nitrogen and oxygen atoms in total. The van der Waals surface area contributed by atoms with Gasteiger partial charge in [0, 0.05) is 17.8 Å². The van der Waals surface area contributed by atoms with E-state index in [0.717, 1.165) is 44.9 Å². The molecular weight excluding hydrogens is 604 g/mol. The average molecular weight is 663 g/mol. The topological polar surface area (TPSA) is 155 Å². The summed E-state index contributed by atoms with van der Waals surface area (Å²) in [6, 6.07) is 0. The van der Waals surface area contributed by atoms with Crippen molar-refractivity contribution in [1.82, 2.24) is 0 Å². The summed E-state index contributed by atoms with van der Waals surface area (Å²) < 4.78 is 24.4. The number of carbonyl (C=O) groups excluding carboxylic acids is 1. The number of esters is 1. The smallest absolute Gasteiger partial charge is 0.303 e. The first-order valence-electron chi connectivity index (χ1n) is 18.1. The lowest BCUT2D eigenvalue weighted by molar-refractivity contribution is -0.303. The monoisotopic (exact) mass is 662 g/mol. The molecule has 5 aliphatic carbocycles. The van der Waals surface area contributed by atoms with Crippen molar-refractivity contribution in [1.29, 1.82) is 0 Å². The van der Waals surface area contributed by atoms with Crippen LogP contribution >= 0.6 is 0 Å². The molecular formula is C37H58O10. The van der Waals surface area contributed by atoms with E-state index in [9.17, 15) is 30.3 Å². The minimum atomic E-state index is -1.31. The molecule has 7 rings (SSSR count). The summed E-state index contributed by atoms with van der Waals surface area (Å²) in [5.74, 6) is 1.00. The highest BCUT2D eigenvalue weighted by atomic mass is 16.7. The van der Waals surface area contributed by atoms with Crippen molar-refractivity contribution in [3.8, 4) is 0 Å². The molecule has 2 heterocycles. The highest BCUT2D eigenvalue weighted by molar-refractivity contribution is 5.66. The van der Waals surface area contributed by atoms with Crippen molar-refractivity contribution in [3.05, 3.63) is 11.3 Å². The molecule has 0 bridgehead atoms. The van der Waals surface area contributed by atoms with Crippen LogP contribution in [0.25, 0.3) is 0 Å². The second-order valence-electron chi connectivity index (χ2n) is 18.2. The number of allylic oxidation sites excluding steroid dienone is 1. The molecule has 2 aliphatic heterocycles. The zero-order chi connectivity index (χ0) is 34.3. The Morgan fingerprint density at radius 3 is 2.28 bits per heavy atom. The Morgan fingerprint density at radius 1 is 0.957 bits per heavy atom. The molecule has 4 saturated carbocycles. The van der Waals surface area contributed by atoms with Crippen molar-refractivity contribution in [2.45, 2.75) is 161 Å². The number of aliphatic hydroxyl groups is 5. The van der Waals surface area contributed by atoms with Gasteiger partial charge in [0.2, 0.25) is 0 Å². The van der Waals surface area contributed by atoms with Gasteiger partial charge >= 0.3 is 5.97 Å². The zero-order valence-electron chi connectivity index (χ0n) is 29.5. The fourth-order valence-corrected chi connectivity index (χ4v) is 13.0. The molecule has 5 N–H and O–H groups in total. The first kappa shape index (κ1) is 34.2. The van der Waals surface area contributed by atoms with Crippen molar-refractivity contribution >= 4 is 5.97 Å². The number of hydrogen-bond acceptors (Lipinski definition) is 10. The lowest BCUT2D eigenvalue weighted by atomic mass is 9.41. The van der Waals surface area contributed by atoms with Gasteiger partial charge in [-0.25, -0.2) is 0 Å². The summed E-state index contributed by atoms with van der Waals surface area (Å²) in [6.07, 6.45) is 0.627. The Hall–Kier alpha value is -1.27. The van der Waals surface area contributed by atoms with Crippen LogP contribution in [0, 0.1) is 44.8 Å². The summed E-state index contributed by atoms with van der Waals surface area (Å²) in [4.78, 5) is 12.0. The first-order valence-corrected chi connectivity index (χ1v) is 18.1. The molecule has 15 atom stereocenters. The van der Waals surface area contributed by atoms with Crippen LogP contribution in [0.2, 0.25) is 0 Å². The Bertz CT molecular complexity index is 1320. The van der Waals surface area contributed by atoms with Crippen molar-refractivity contribution < 1.29 is 49.3 Å². The van der Waals surface area contributed by atoms with Crippen LogP contribution in [-0.4, -0.2) is 92.7 Å². The van der Waals surface area contributed by atoms with Gasteiger partial charge in [-0.05, 0) is 105 Å². The predicted octanol–water partition coefficient (Wildman–Crippen LogP) is 3.60. The van der Waals surface area contributed by atoms with Crippen LogP contribution in [0.5, 0.6) is 0 Å². The van der Waals surface area contributed by atoms with Crippen molar-refractivity contribution in [2.75, 3.05) is 6.61 Å². The maximum absolute atomic E-state index is 12.5. The number of ether oxygens (including phenoxy) is 4. The highest BCUT2D eigenvalue weighted by Crippen LogP contribution is 2.89. The molecule has 1 saturated heterocycles. The maximum atomic E-state index is 12.5. The van der Waals surface area contributed by atoms with E-state index in [0.29, 0.717) is 24.0 Å². The third-order valence-corrected chi connectivity index (χ3v) is 15.3. The molecule has 0 aromatic rings. The lowest BCUT2D eigenvalue weighted by Gasteiger charge is -2.63.